The van der Waals surface area contributed by atoms with Gasteiger partial charge in [0.1, 0.15) is 17.9 Å². The number of rotatable bonds is 7. The lowest BCUT2D eigenvalue weighted by atomic mass is 10.0. The number of nitrogens with two attached hydrogens (primary N) is 1. The molecule has 1 aliphatic heterocycles. The van der Waals surface area contributed by atoms with E-state index in [-0.39, 0.29) is 5.91 Å². The molecule has 1 amide bonds. The number of amides is 1. The fraction of sp³-hybridized carbons (Fsp3) is 0.233. The maximum atomic E-state index is 13.0. The van der Waals surface area contributed by atoms with Crippen LogP contribution in [0.4, 0.5) is 0 Å². The van der Waals surface area contributed by atoms with Crippen LogP contribution in [-0.2, 0) is 11.8 Å². The molecule has 10 heteroatoms. The van der Waals surface area contributed by atoms with Crippen LogP contribution in [0.25, 0.3) is 22.2 Å². The summed E-state index contributed by atoms with van der Waals surface area (Å²) >= 11 is 0. The van der Waals surface area contributed by atoms with Gasteiger partial charge in [-0.15, -0.1) is 0 Å². The lowest BCUT2D eigenvalue weighted by molar-refractivity contribution is -0.134. The van der Waals surface area contributed by atoms with Gasteiger partial charge in [-0.1, -0.05) is 36.4 Å². The number of benzene rings is 1. The molecule has 4 heterocycles. The van der Waals surface area contributed by atoms with Gasteiger partial charge in [-0.05, 0) is 36.9 Å². The molecule has 2 N–H and O–H groups in total. The maximum absolute atomic E-state index is 13.0. The van der Waals surface area contributed by atoms with Crippen LogP contribution < -0.4 is 5.73 Å². The second-order valence-electron chi connectivity index (χ2n) is 9.74. The Morgan fingerprint density at radius 2 is 1.80 bits per heavy atom. The number of nitrogens with zero attached hydrogens (tertiary/aromatic N) is 8. The highest BCUT2D eigenvalue weighted by molar-refractivity contribution is 5.85. The van der Waals surface area contributed by atoms with Crippen molar-refractivity contribution in [2.45, 2.75) is 13.0 Å². The van der Waals surface area contributed by atoms with Gasteiger partial charge < -0.3 is 15.5 Å². The van der Waals surface area contributed by atoms with Crippen LogP contribution in [-0.4, -0.2) is 68.0 Å². The molecule has 1 saturated heterocycles. The molecule has 1 aromatic carbocycles. The van der Waals surface area contributed by atoms with E-state index in [1.165, 1.54) is 0 Å². The highest BCUT2D eigenvalue weighted by Gasteiger charge is 2.26. The summed E-state index contributed by atoms with van der Waals surface area (Å²) in [6.07, 6.45) is 11.1. The number of hydrogen-bond donors (Lipinski definition) is 1. The summed E-state index contributed by atoms with van der Waals surface area (Å²) in [6.45, 7) is 8.10. The van der Waals surface area contributed by atoms with E-state index in [1.54, 1.807) is 26.5 Å². The van der Waals surface area contributed by atoms with Crippen molar-refractivity contribution in [1.82, 2.24) is 29.2 Å². The number of allylic oxidation sites excluding steroid dienone is 3. The van der Waals surface area contributed by atoms with Crippen molar-refractivity contribution in [1.29, 1.82) is 5.26 Å². The first-order chi connectivity index (χ1) is 19.4. The van der Waals surface area contributed by atoms with Crippen molar-refractivity contribution in [3.63, 3.8) is 0 Å². The summed E-state index contributed by atoms with van der Waals surface area (Å²) in [7, 11) is 1.87. The Bertz CT molecular complexity index is 1650. The van der Waals surface area contributed by atoms with Gasteiger partial charge in [-0.2, -0.15) is 15.5 Å². The Morgan fingerprint density at radius 1 is 1.07 bits per heavy atom. The summed E-state index contributed by atoms with van der Waals surface area (Å²) in [4.78, 5) is 21.2. The molecule has 40 heavy (non-hydrogen) atoms. The van der Waals surface area contributed by atoms with E-state index in [4.69, 9.17) is 5.73 Å². The van der Waals surface area contributed by atoms with E-state index in [9.17, 15) is 10.1 Å². The Morgan fingerprint density at radius 3 is 2.45 bits per heavy atom. The zero-order chi connectivity index (χ0) is 28.2. The molecule has 1 aliphatic rings. The number of pyridine rings is 1. The molecular weight excluding hydrogens is 502 g/mol. The van der Waals surface area contributed by atoms with Crippen LogP contribution in [0.15, 0.2) is 84.2 Å². The van der Waals surface area contributed by atoms with Crippen molar-refractivity contribution >= 4 is 23.7 Å². The van der Waals surface area contributed by atoms with Crippen LogP contribution >= 0.6 is 0 Å². The fourth-order valence-corrected chi connectivity index (χ4v) is 4.94. The summed E-state index contributed by atoms with van der Waals surface area (Å²) in [5, 5.41) is 18.4. The van der Waals surface area contributed by atoms with Crippen molar-refractivity contribution in [2.24, 2.45) is 17.8 Å². The van der Waals surface area contributed by atoms with E-state index in [0.717, 1.165) is 33.3 Å². The van der Waals surface area contributed by atoms with E-state index < -0.39 is 6.04 Å². The molecule has 0 spiro atoms. The van der Waals surface area contributed by atoms with E-state index in [2.05, 4.69) is 38.9 Å². The summed E-state index contributed by atoms with van der Waals surface area (Å²) in [5.41, 5.74) is 12.0. The van der Waals surface area contributed by atoms with Gasteiger partial charge in [-0.3, -0.25) is 9.48 Å². The summed E-state index contributed by atoms with van der Waals surface area (Å²) < 4.78 is 3.49. The SMILES string of the molecule is C=N/C(=C\C=C(/C)c1cc(-c2cnn(C)c2)cn2ncc(C#N)c12)N1CCN(C(=O)[C@@H](N)c2ccccc2)CC1. The van der Waals surface area contributed by atoms with Gasteiger partial charge in [0.2, 0.25) is 5.91 Å². The van der Waals surface area contributed by atoms with Crippen LogP contribution in [0.5, 0.6) is 0 Å². The molecule has 5 rings (SSSR count). The average molecular weight is 534 g/mol. The minimum Gasteiger partial charge on any atom is -0.353 e. The van der Waals surface area contributed by atoms with E-state index >= 15 is 0 Å². The zero-order valence-corrected chi connectivity index (χ0v) is 22.6. The molecule has 10 nitrogen and oxygen atoms in total. The first-order valence-corrected chi connectivity index (χ1v) is 13.0. The average Bonchev–Trinajstić information content (AvgIpc) is 3.62. The normalized spacial score (nSPS) is 15.2. The largest absolute Gasteiger partial charge is 0.353 e. The Labute approximate surface area is 232 Å². The van der Waals surface area contributed by atoms with Gasteiger partial charge in [0, 0.05) is 62.3 Å². The maximum Gasteiger partial charge on any atom is 0.244 e. The van der Waals surface area contributed by atoms with Crippen LogP contribution in [0.3, 0.4) is 0 Å². The molecule has 0 radical (unpaired) electrons. The minimum atomic E-state index is -0.674. The molecule has 0 bridgehead atoms. The third-order valence-electron chi connectivity index (χ3n) is 7.18. The summed E-state index contributed by atoms with van der Waals surface area (Å²) in [6, 6.07) is 13.1. The molecule has 4 aromatic rings. The van der Waals surface area contributed by atoms with Crippen LogP contribution in [0, 0.1) is 11.3 Å². The first-order valence-electron chi connectivity index (χ1n) is 13.0. The molecule has 202 valence electrons. The number of aliphatic imine (C=N–C) groups is 1. The Balaban J connectivity index is 1.36. The van der Waals surface area contributed by atoms with Crippen molar-refractivity contribution < 1.29 is 4.79 Å². The number of carbonyl (C=O) groups excluding carboxylic acids is 1. The number of fused-ring (bicyclic) bond motifs is 1. The number of piperazine rings is 1. The van der Waals surface area contributed by atoms with Gasteiger partial charge in [-0.25, -0.2) is 9.51 Å². The van der Waals surface area contributed by atoms with E-state index in [1.807, 2.05) is 68.8 Å². The smallest absolute Gasteiger partial charge is 0.244 e. The van der Waals surface area contributed by atoms with E-state index in [0.29, 0.717) is 37.6 Å². The predicted molar refractivity (Wildman–Crippen MR) is 155 cm³/mol. The number of aromatic nitrogens is 4. The second kappa shape index (κ2) is 11.4. The molecule has 1 fully saturated rings. The summed E-state index contributed by atoms with van der Waals surface area (Å²) in [5.74, 6) is 0.637. The number of carbonyl (C=O) groups is 1. The van der Waals surface area contributed by atoms with Crippen molar-refractivity contribution in [2.75, 3.05) is 26.2 Å². The lowest BCUT2D eigenvalue weighted by Crippen LogP contribution is -2.50. The monoisotopic (exact) mass is 533 g/mol. The third kappa shape index (κ3) is 5.28. The molecule has 0 aliphatic carbocycles. The zero-order valence-electron chi connectivity index (χ0n) is 22.6. The molecule has 3 aromatic heterocycles. The molecular formula is C30H31N9O. The minimum absolute atomic E-state index is 0.0784. The number of hydrogen-bond acceptors (Lipinski definition) is 7. The molecule has 0 saturated carbocycles. The molecule has 0 unspecified atom stereocenters. The van der Waals surface area contributed by atoms with Gasteiger partial charge in [0.15, 0.2) is 0 Å². The number of nitriles is 1. The van der Waals surface area contributed by atoms with Gasteiger partial charge in [0.25, 0.3) is 0 Å². The quantitative estimate of drug-likeness (QED) is 0.287. The van der Waals surface area contributed by atoms with Crippen LogP contribution in [0.1, 0.15) is 29.7 Å². The lowest BCUT2D eigenvalue weighted by Gasteiger charge is -2.37. The van der Waals surface area contributed by atoms with Crippen LogP contribution in [0.2, 0.25) is 0 Å². The first kappa shape index (κ1) is 26.6. The Hall–Kier alpha value is -5.01. The standard InChI is InChI=1S/C30H31N9O/c1-21(26-15-23(25-18-34-36(3)19-25)20-39-29(26)24(16-31)17-35-39)9-10-27(33-2)37-11-13-38(14-12-37)30(40)28(32)22-7-5-4-6-8-22/h4-10,15,17-20,28H,2,11-14,32H2,1,3H3/b21-9+,27-10+/t28-/m0/s1. The Kier molecular flexibility index (Phi) is 7.57. The van der Waals surface area contributed by atoms with Gasteiger partial charge >= 0.3 is 0 Å². The van der Waals surface area contributed by atoms with Crippen molar-refractivity contribution in [3.8, 4) is 17.2 Å². The number of aryl methyl sites for hydroxylation is 1. The second-order valence-corrected chi connectivity index (χ2v) is 9.74. The highest BCUT2D eigenvalue weighted by atomic mass is 16.2. The fourth-order valence-electron chi connectivity index (χ4n) is 4.94. The highest BCUT2D eigenvalue weighted by Crippen LogP contribution is 2.29. The van der Waals surface area contributed by atoms with Gasteiger partial charge in [0.05, 0.1) is 23.5 Å². The topological polar surface area (TPSA) is 121 Å². The molecule has 1 atom stereocenters. The third-order valence-corrected chi connectivity index (χ3v) is 7.18. The predicted octanol–water partition coefficient (Wildman–Crippen LogP) is 3.40. The van der Waals surface area contributed by atoms with Crippen molar-refractivity contribution in [3.05, 3.63) is 95.8 Å².